The molecular formula is C44H38BN3O. The van der Waals surface area contributed by atoms with E-state index in [2.05, 4.69) is 156 Å². The summed E-state index contributed by atoms with van der Waals surface area (Å²) < 4.78 is 7.03. The van der Waals surface area contributed by atoms with E-state index in [1.807, 2.05) is 0 Å². The lowest BCUT2D eigenvalue weighted by Gasteiger charge is -2.45. The van der Waals surface area contributed by atoms with Gasteiger partial charge in [0.1, 0.15) is 0 Å². The number of fused-ring (bicyclic) bond motifs is 8. The summed E-state index contributed by atoms with van der Waals surface area (Å²) in [5.41, 5.74) is 16.0. The van der Waals surface area contributed by atoms with E-state index in [-0.39, 0.29) is 6.71 Å². The van der Waals surface area contributed by atoms with Crippen molar-refractivity contribution in [3.05, 3.63) is 139 Å². The van der Waals surface area contributed by atoms with Gasteiger partial charge >= 0.3 is 0 Å². The fraction of sp³-hybridized carbons (Fsp3) is 0.182. The molecule has 0 unspecified atom stereocenters. The second-order valence-corrected chi connectivity index (χ2v) is 14.2. The van der Waals surface area contributed by atoms with E-state index in [9.17, 15) is 0 Å². The first-order valence-corrected chi connectivity index (χ1v) is 17.8. The van der Waals surface area contributed by atoms with Crippen molar-refractivity contribution in [2.75, 3.05) is 14.7 Å². The molecule has 0 atom stereocenters. The molecule has 4 aliphatic rings. The minimum Gasteiger partial charge on any atom is -0.453 e. The van der Waals surface area contributed by atoms with Gasteiger partial charge in [-0.15, -0.1) is 0 Å². The monoisotopic (exact) mass is 635 g/mol. The quantitative estimate of drug-likeness (QED) is 0.176. The van der Waals surface area contributed by atoms with Crippen LogP contribution in [0.5, 0.6) is 11.5 Å². The predicted molar refractivity (Wildman–Crippen MR) is 205 cm³/mol. The summed E-state index contributed by atoms with van der Waals surface area (Å²) in [5.74, 6) is 1.76. The summed E-state index contributed by atoms with van der Waals surface area (Å²) in [5, 5.41) is 0. The van der Waals surface area contributed by atoms with Crippen LogP contribution in [0.2, 0.25) is 0 Å². The lowest BCUT2D eigenvalue weighted by molar-refractivity contribution is 0.429. The molecular weight excluding hydrogens is 597 g/mol. The largest absolute Gasteiger partial charge is 0.453 e. The summed E-state index contributed by atoms with van der Waals surface area (Å²) in [6, 6.07) is 47.5. The van der Waals surface area contributed by atoms with Crippen molar-refractivity contribution < 1.29 is 4.74 Å². The molecule has 0 spiro atoms. The number of nitrogens with zero attached hydrogens (tertiary/aromatic N) is 3. The average molecular weight is 636 g/mol. The van der Waals surface area contributed by atoms with Crippen molar-refractivity contribution in [2.24, 2.45) is 0 Å². The molecule has 4 nitrogen and oxygen atoms in total. The Bertz CT molecular complexity index is 2260. The van der Waals surface area contributed by atoms with Gasteiger partial charge in [-0.2, -0.15) is 0 Å². The number of benzene rings is 6. The fourth-order valence-corrected chi connectivity index (χ4v) is 8.98. The fourth-order valence-electron chi connectivity index (χ4n) is 8.98. The van der Waals surface area contributed by atoms with E-state index < -0.39 is 0 Å². The Kier molecular flexibility index (Phi) is 6.45. The number of hydrogen-bond acceptors (Lipinski definition) is 4. The second kappa shape index (κ2) is 11.1. The smallest absolute Gasteiger partial charge is 0.252 e. The third-order valence-electron chi connectivity index (χ3n) is 11.0. The Hall–Kier alpha value is -5.42. The molecule has 0 radical (unpaired) electrons. The van der Waals surface area contributed by atoms with E-state index >= 15 is 0 Å². The van der Waals surface area contributed by atoms with Crippen molar-refractivity contribution in [3.63, 3.8) is 0 Å². The molecule has 0 N–H and O–H groups in total. The van der Waals surface area contributed by atoms with E-state index in [4.69, 9.17) is 4.74 Å². The van der Waals surface area contributed by atoms with Crippen molar-refractivity contribution >= 4 is 68.6 Å². The second-order valence-electron chi connectivity index (χ2n) is 14.2. The molecule has 0 saturated heterocycles. The Balaban J connectivity index is 1.30. The molecule has 1 saturated carbocycles. The van der Waals surface area contributed by atoms with Crippen molar-refractivity contribution in [2.45, 2.75) is 52.0 Å². The summed E-state index contributed by atoms with van der Waals surface area (Å²) in [6.45, 7) is 4.54. The number of rotatable bonds is 2. The maximum atomic E-state index is 7.03. The van der Waals surface area contributed by atoms with Crippen LogP contribution in [0, 0.1) is 13.8 Å². The van der Waals surface area contributed by atoms with Gasteiger partial charge in [-0.3, -0.25) is 0 Å². The standard InChI is InChI=1S/C44H38BN3O/c1-29-21-24-36-35(25-29)45-34-23-22-33-28-39(34)48(41-27-30(2)26-40(44(41)45)47(36)32-15-7-4-8-16-32)38-18-10-12-20-43(38)49-42-19-11-9-17-37(42)46(33)31-13-5-3-6-14-31/h4,7-12,15-28,31H,3,5-6,13-14H2,1-2H3. The first-order valence-electron chi connectivity index (χ1n) is 17.8. The molecule has 238 valence electrons. The van der Waals surface area contributed by atoms with Gasteiger partial charge in [0.25, 0.3) is 6.71 Å². The Labute approximate surface area is 289 Å². The number of anilines is 8. The van der Waals surface area contributed by atoms with Crippen LogP contribution in [0.15, 0.2) is 127 Å². The van der Waals surface area contributed by atoms with Crippen LogP contribution in [0.4, 0.5) is 45.5 Å². The SMILES string of the molecule is Cc1ccc2c(c1)B1c3ccc4cc3N(c3ccccc3Oc3ccccc3N4C3CCCCC3)c3cc(C)cc(c31)N2c1ccccc1. The van der Waals surface area contributed by atoms with Gasteiger partial charge in [-0.05, 0) is 115 Å². The van der Waals surface area contributed by atoms with E-state index in [0.717, 1.165) is 22.9 Å². The first kappa shape index (κ1) is 28.6. The van der Waals surface area contributed by atoms with Gasteiger partial charge in [-0.25, -0.2) is 0 Å². The van der Waals surface area contributed by atoms with E-state index in [1.165, 1.54) is 93.7 Å². The number of hydrogen-bond donors (Lipinski definition) is 0. The number of para-hydroxylation sites is 5. The minimum absolute atomic E-state index is 0.0900. The minimum atomic E-state index is 0.0900. The van der Waals surface area contributed by atoms with E-state index in [1.54, 1.807) is 0 Å². The van der Waals surface area contributed by atoms with Crippen molar-refractivity contribution in [1.29, 1.82) is 0 Å². The summed E-state index contributed by atoms with van der Waals surface area (Å²) in [4.78, 5) is 7.56. The van der Waals surface area contributed by atoms with E-state index in [0.29, 0.717) is 6.04 Å². The zero-order valence-electron chi connectivity index (χ0n) is 28.1. The lowest BCUT2D eigenvalue weighted by Crippen LogP contribution is -2.61. The zero-order chi connectivity index (χ0) is 32.6. The normalized spacial score (nSPS) is 15.9. The van der Waals surface area contributed by atoms with Gasteiger partial charge in [0.2, 0.25) is 0 Å². The molecule has 10 rings (SSSR count). The zero-order valence-corrected chi connectivity index (χ0v) is 28.1. The van der Waals surface area contributed by atoms with Crippen LogP contribution >= 0.6 is 0 Å². The van der Waals surface area contributed by atoms with Crippen LogP contribution in [-0.4, -0.2) is 12.8 Å². The molecule has 3 aliphatic heterocycles. The van der Waals surface area contributed by atoms with Crippen LogP contribution < -0.4 is 35.8 Å². The maximum Gasteiger partial charge on any atom is 0.252 e. The Morgan fingerprint density at radius 1 is 0.510 bits per heavy atom. The summed E-state index contributed by atoms with van der Waals surface area (Å²) >= 11 is 0. The van der Waals surface area contributed by atoms with Gasteiger partial charge < -0.3 is 19.4 Å². The number of ether oxygens (including phenoxy) is 1. The molecule has 2 bridgehead atoms. The third-order valence-corrected chi connectivity index (χ3v) is 11.0. The topological polar surface area (TPSA) is 19.0 Å². The van der Waals surface area contributed by atoms with Gasteiger partial charge in [0.05, 0.1) is 11.4 Å². The molecule has 1 aliphatic carbocycles. The Morgan fingerprint density at radius 2 is 1.20 bits per heavy atom. The van der Waals surface area contributed by atoms with Gasteiger partial charge in [0.15, 0.2) is 11.5 Å². The van der Waals surface area contributed by atoms with Crippen LogP contribution in [0.1, 0.15) is 43.2 Å². The molecule has 3 heterocycles. The van der Waals surface area contributed by atoms with Crippen LogP contribution in [0.25, 0.3) is 0 Å². The molecule has 1 fully saturated rings. The van der Waals surface area contributed by atoms with Crippen molar-refractivity contribution in [3.8, 4) is 11.5 Å². The van der Waals surface area contributed by atoms with Gasteiger partial charge in [0, 0.05) is 40.2 Å². The highest BCUT2D eigenvalue weighted by Crippen LogP contribution is 2.50. The Morgan fingerprint density at radius 3 is 2.00 bits per heavy atom. The average Bonchev–Trinajstić information content (AvgIpc) is 3.13. The third kappa shape index (κ3) is 4.38. The number of aryl methyl sites for hydroxylation is 2. The van der Waals surface area contributed by atoms with Gasteiger partial charge in [-0.1, -0.05) is 85.5 Å². The highest BCUT2D eigenvalue weighted by molar-refractivity contribution is 7.00. The molecule has 0 amide bonds. The predicted octanol–water partition coefficient (Wildman–Crippen LogP) is 9.96. The van der Waals surface area contributed by atoms with Crippen LogP contribution in [-0.2, 0) is 0 Å². The maximum absolute atomic E-state index is 7.03. The first-order chi connectivity index (χ1) is 24.1. The molecule has 0 aromatic heterocycles. The lowest BCUT2D eigenvalue weighted by atomic mass is 9.33. The molecule has 6 aromatic carbocycles. The molecule has 49 heavy (non-hydrogen) atoms. The van der Waals surface area contributed by atoms with Crippen molar-refractivity contribution in [1.82, 2.24) is 0 Å². The highest BCUT2D eigenvalue weighted by Gasteiger charge is 2.44. The molecule has 6 aromatic rings. The summed E-state index contributed by atoms with van der Waals surface area (Å²) in [6.07, 6.45) is 6.20. The highest BCUT2D eigenvalue weighted by atomic mass is 16.5. The molecule has 5 heteroatoms. The van der Waals surface area contributed by atoms with Crippen LogP contribution in [0.3, 0.4) is 0 Å². The summed E-state index contributed by atoms with van der Waals surface area (Å²) in [7, 11) is 0.